The summed E-state index contributed by atoms with van der Waals surface area (Å²) in [6.45, 7) is 1.13. The summed E-state index contributed by atoms with van der Waals surface area (Å²) in [6, 6.07) is 1.42. The van der Waals surface area contributed by atoms with E-state index < -0.39 is 17.5 Å². The lowest BCUT2D eigenvalue weighted by molar-refractivity contribution is -0.137. The van der Waals surface area contributed by atoms with Gasteiger partial charge in [-0.3, -0.25) is 9.59 Å². The Hall–Kier alpha value is -1.17. The number of carbonyl (C=O) groups is 2. The molecule has 0 heterocycles. The van der Waals surface area contributed by atoms with Gasteiger partial charge in [0.2, 0.25) is 0 Å². The molecule has 0 amide bonds. The van der Waals surface area contributed by atoms with Gasteiger partial charge in [0.05, 0.1) is 5.56 Å². The monoisotopic (exact) mass is 294 g/mol. The molecule has 1 aromatic rings. The number of ketones is 1. The molecule has 0 saturated carbocycles. The van der Waals surface area contributed by atoms with E-state index >= 15 is 0 Å². The van der Waals surface area contributed by atoms with Gasteiger partial charge in [-0.15, -0.1) is 0 Å². The number of benzene rings is 1. The zero-order chi connectivity index (χ0) is 12.5. The first kappa shape index (κ1) is 12.9. The predicted octanol–water partition coefficient (Wildman–Crippen LogP) is 3.48. The van der Waals surface area contributed by atoms with Crippen molar-refractivity contribution in [2.45, 2.75) is 13.1 Å². The Labute approximate surface area is 97.6 Å². The van der Waals surface area contributed by atoms with Crippen molar-refractivity contribution in [2.24, 2.45) is 0 Å². The van der Waals surface area contributed by atoms with Gasteiger partial charge in [-0.1, -0.05) is 0 Å². The number of aldehydes is 1. The summed E-state index contributed by atoms with van der Waals surface area (Å²) >= 11 is 2.92. The van der Waals surface area contributed by atoms with Gasteiger partial charge in [-0.25, -0.2) is 0 Å². The lowest BCUT2D eigenvalue weighted by Crippen LogP contribution is -2.09. The fraction of sp³-hybridized carbons (Fsp3) is 0.200. The van der Waals surface area contributed by atoms with E-state index in [1.165, 1.54) is 0 Å². The van der Waals surface area contributed by atoms with Crippen LogP contribution in [0.3, 0.4) is 0 Å². The van der Waals surface area contributed by atoms with Crippen LogP contribution in [0.4, 0.5) is 13.2 Å². The van der Waals surface area contributed by atoms with Crippen LogP contribution in [-0.2, 0) is 6.18 Å². The Morgan fingerprint density at radius 3 is 2.31 bits per heavy atom. The zero-order valence-electron chi connectivity index (χ0n) is 8.06. The van der Waals surface area contributed by atoms with Gasteiger partial charge >= 0.3 is 6.18 Å². The van der Waals surface area contributed by atoms with Crippen molar-refractivity contribution in [3.05, 3.63) is 33.3 Å². The van der Waals surface area contributed by atoms with E-state index in [0.717, 1.165) is 13.0 Å². The van der Waals surface area contributed by atoms with Crippen molar-refractivity contribution in [2.75, 3.05) is 0 Å². The number of hydrogen-bond acceptors (Lipinski definition) is 2. The minimum atomic E-state index is -4.58. The second-order valence-corrected chi connectivity index (χ2v) is 3.89. The average Bonchev–Trinajstić information content (AvgIpc) is 2.15. The molecule has 0 aliphatic heterocycles. The fourth-order valence-electron chi connectivity index (χ4n) is 1.15. The Kier molecular flexibility index (Phi) is 3.52. The van der Waals surface area contributed by atoms with Crippen molar-refractivity contribution < 1.29 is 22.8 Å². The molecule has 0 aliphatic rings. The van der Waals surface area contributed by atoms with Crippen molar-refractivity contribution in [1.82, 2.24) is 0 Å². The van der Waals surface area contributed by atoms with Crippen LogP contribution in [0.25, 0.3) is 0 Å². The highest BCUT2D eigenvalue weighted by Gasteiger charge is 2.32. The zero-order valence-corrected chi connectivity index (χ0v) is 9.65. The lowest BCUT2D eigenvalue weighted by atomic mass is 10.0. The Morgan fingerprint density at radius 2 is 1.94 bits per heavy atom. The van der Waals surface area contributed by atoms with Crippen LogP contribution in [-0.4, -0.2) is 12.1 Å². The summed E-state index contributed by atoms with van der Waals surface area (Å²) in [6.07, 6.45) is -4.31. The second-order valence-electron chi connectivity index (χ2n) is 3.10. The van der Waals surface area contributed by atoms with Crippen LogP contribution in [0.2, 0.25) is 0 Å². The van der Waals surface area contributed by atoms with Gasteiger partial charge in [-0.2, -0.15) is 13.2 Å². The molecular weight excluding hydrogens is 289 g/mol. The predicted molar refractivity (Wildman–Crippen MR) is 54.5 cm³/mol. The lowest BCUT2D eigenvalue weighted by Gasteiger charge is -2.10. The number of Topliss-reactive ketones (excluding diaryl/α,β-unsaturated/α-hetero) is 1. The third-order valence-corrected chi connectivity index (χ3v) is 2.82. The van der Waals surface area contributed by atoms with Gasteiger partial charge in [0.25, 0.3) is 0 Å². The summed E-state index contributed by atoms with van der Waals surface area (Å²) in [5.74, 6) is -0.541. The Morgan fingerprint density at radius 1 is 1.38 bits per heavy atom. The smallest absolute Gasteiger partial charge is 0.298 e. The van der Waals surface area contributed by atoms with E-state index in [4.69, 9.17) is 0 Å². The first-order chi connectivity index (χ1) is 7.27. The molecule has 0 bridgehead atoms. The Bertz CT molecular complexity index is 452. The summed E-state index contributed by atoms with van der Waals surface area (Å²) in [7, 11) is 0. The van der Waals surface area contributed by atoms with Gasteiger partial charge < -0.3 is 0 Å². The molecule has 1 rings (SSSR count). The minimum Gasteiger partial charge on any atom is -0.298 e. The molecule has 0 aliphatic carbocycles. The number of carbonyl (C=O) groups excluding carboxylic acids is 2. The number of halogens is 4. The molecule has 0 saturated heterocycles. The number of alkyl halides is 3. The van der Waals surface area contributed by atoms with Crippen LogP contribution in [0.15, 0.2) is 16.6 Å². The van der Waals surface area contributed by atoms with Crippen LogP contribution in [0.5, 0.6) is 0 Å². The van der Waals surface area contributed by atoms with Gasteiger partial charge in [0.1, 0.15) is 0 Å². The molecule has 0 unspecified atom stereocenters. The first-order valence-electron chi connectivity index (χ1n) is 4.14. The third kappa shape index (κ3) is 2.49. The average molecular weight is 295 g/mol. The maximum absolute atomic E-state index is 12.4. The molecule has 86 valence electrons. The molecule has 1 aromatic carbocycles. The van der Waals surface area contributed by atoms with Crippen LogP contribution in [0.1, 0.15) is 33.2 Å². The molecule has 0 N–H and O–H groups in total. The van der Waals surface area contributed by atoms with Gasteiger partial charge in [0, 0.05) is 15.6 Å². The first-order valence-corrected chi connectivity index (χ1v) is 4.93. The summed E-state index contributed by atoms with van der Waals surface area (Å²) in [4.78, 5) is 21.7. The highest BCUT2D eigenvalue weighted by molar-refractivity contribution is 9.10. The summed E-state index contributed by atoms with van der Waals surface area (Å²) in [5, 5.41) is 0. The van der Waals surface area contributed by atoms with E-state index in [9.17, 15) is 22.8 Å². The normalized spacial score (nSPS) is 11.3. The largest absolute Gasteiger partial charge is 0.416 e. The maximum atomic E-state index is 12.4. The van der Waals surface area contributed by atoms with Crippen molar-refractivity contribution in [3.63, 3.8) is 0 Å². The van der Waals surface area contributed by atoms with Crippen LogP contribution < -0.4 is 0 Å². The molecular formula is C10H6BrF3O2. The molecule has 0 radical (unpaired) electrons. The Balaban J connectivity index is 3.52. The van der Waals surface area contributed by atoms with Gasteiger partial charge in [0.15, 0.2) is 12.1 Å². The highest BCUT2D eigenvalue weighted by Crippen LogP contribution is 2.33. The standard InChI is InChI=1S/C10H6BrF3O2/c1-5(16)8-3-7(10(12,13)14)2-6(4-15)9(8)11/h2-4H,1H3. The SMILES string of the molecule is CC(=O)c1cc(C(F)(F)F)cc(C=O)c1Br. The third-order valence-electron chi connectivity index (χ3n) is 1.93. The van der Waals surface area contributed by atoms with Gasteiger partial charge in [-0.05, 0) is 35.0 Å². The van der Waals surface area contributed by atoms with E-state index in [1.807, 2.05) is 0 Å². The van der Waals surface area contributed by atoms with Crippen LogP contribution >= 0.6 is 15.9 Å². The van der Waals surface area contributed by atoms with Crippen molar-refractivity contribution in [1.29, 1.82) is 0 Å². The minimum absolute atomic E-state index is 0.0861. The van der Waals surface area contributed by atoms with Crippen molar-refractivity contribution in [3.8, 4) is 0 Å². The fourth-order valence-corrected chi connectivity index (χ4v) is 1.75. The summed E-state index contributed by atoms with van der Waals surface area (Å²) in [5.41, 5.74) is -1.36. The van der Waals surface area contributed by atoms with E-state index in [0.29, 0.717) is 6.07 Å². The van der Waals surface area contributed by atoms with E-state index in [1.54, 1.807) is 0 Å². The van der Waals surface area contributed by atoms with E-state index in [2.05, 4.69) is 15.9 Å². The highest BCUT2D eigenvalue weighted by atomic mass is 79.9. The molecule has 6 heteroatoms. The molecule has 0 spiro atoms. The molecule has 0 atom stereocenters. The molecule has 2 nitrogen and oxygen atoms in total. The second kappa shape index (κ2) is 4.37. The molecule has 0 aromatic heterocycles. The topological polar surface area (TPSA) is 34.1 Å². The van der Waals surface area contributed by atoms with Crippen LogP contribution in [0, 0.1) is 0 Å². The van der Waals surface area contributed by atoms with E-state index in [-0.39, 0.29) is 21.9 Å². The maximum Gasteiger partial charge on any atom is 0.416 e. The number of rotatable bonds is 2. The summed E-state index contributed by atoms with van der Waals surface area (Å²) < 4.78 is 37.4. The molecule has 16 heavy (non-hydrogen) atoms. The quantitative estimate of drug-likeness (QED) is 0.618. The number of hydrogen-bond donors (Lipinski definition) is 0. The molecule has 0 fully saturated rings. The van der Waals surface area contributed by atoms with Crippen molar-refractivity contribution >= 4 is 28.0 Å².